The first-order valence-electron chi connectivity index (χ1n) is 2.49. The van der Waals surface area contributed by atoms with Crippen LogP contribution >= 0.6 is 0 Å². The summed E-state index contributed by atoms with van der Waals surface area (Å²) in [5.74, 6) is -0.522. The molecule has 2 N–H and O–H groups in total. The minimum atomic E-state index is -0.522. The maximum atomic E-state index is 11.9. The van der Waals surface area contributed by atoms with Crippen molar-refractivity contribution in [3.63, 3.8) is 0 Å². The second-order valence-electron chi connectivity index (χ2n) is 1.50. The summed E-state index contributed by atoms with van der Waals surface area (Å²) >= 11 is 0. The van der Waals surface area contributed by atoms with Crippen LogP contribution in [0.15, 0.2) is 30.6 Å². The van der Waals surface area contributed by atoms with Crippen molar-refractivity contribution >= 4 is 0 Å². The summed E-state index contributed by atoms with van der Waals surface area (Å²) in [5, 5.41) is 0. The van der Waals surface area contributed by atoms with E-state index in [1.54, 1.807) is 0 Å². The number of halogens is 1. The van der Waals surface area contributed by atoms with Gasteiger partial charge in [0.2, 0.25) is 0 Å². The average molecular weight is 215 g/mol. The van der Waals surface area contributed by atoms with Gasteiger partial charge in [0.15, 0.2) is 0 Å². The third kappa shape index (κ3) is 6.34. The molecule has 1 radical (unpaired) electrons. The Morgan fingerprint density at radius 3 is 2.30 bits per heavy atom. The maximum Gasteiger partial charge on any atom is 0.0359 e. The average Bonchev–Trinajstić information content (AvgIpc) is 1.82. The molecule has 0 saturated heterocycles. The summed E-state index contributed by atoms with van der Waals surface area (Å²) < 4.78 is 11.9. The van der Waals surface area contributed by atoms with E-state index in [0.29, 0.717) is 5.57 Å². The van der Waals surface area contributed by atoms with Gasteiger partial charge in [0.05, 0.1) is 0 Å². The third-order valence-corrected chi connectivity index (χ3v) is 0.778. The molecule has 53 valence electrons. The molecule has 0 aliphatic rings. The van der Waals surface area contributed by atoms with Crippen molar-refractivity contribution < 1.29 is 37.1 Å². The monoisotopic (exact) mass is 215 g/mol. The zero-order valence-corrected chi connectivity index (χ0v) is 8.57. The van der Waals surface area contributed by atoms with Crippen molar-refractivity contribution in [3.8, 4) is 0 Å². The number of hydrogen-bond acceptors (Lipinski definition) is 1. The SMILES string of the molecule is C=[C-]/C(=C\C(=C)F)CN.[Y]. The Morgan fingerprint density at radius 2 is 2.20 bits per heavy atom. The second-order valence-corrected chi connectivity index (χ2v) is 1.50. The molecule has 0 aliphatic heterocycles. The number of hydrogen-bond donors (Lipinski definition) is 1. The molecule has 0 aliphatic carbocycles. The van der Waals surface area contributed by atoms with Crippen LogP contribution in [0, 0.1) is 6.08 Å². The molecule has 0 aromatic rings. The molecular formula is C7H9FNY-. The molecule has 10 heavy (non-hydrogen) atoms. The first-order chi connectivity index (χ1) is 4.20. The van der Waals surface area contributed by atoms with Crippen molar-refractivity contribution in [2.75, 3.05) is 6.54 Å². The van der Waals surface area contributed by atoms with E-state index in [1.807, 2.05) is 0 Å². The van der Waals surface area contributed by atoms with Gasteiger partial charge in [-0.05, 0) is 6.54 Å². The van der Waals surface area contributed by atoms with E-state index >= 15 is 0 Å². The van der Waals surface area contributed by atoms with Gasteiger partial charge in [0, 0.05) is 38.5 Å². The van der Waals surface area contributed by atoms with Gasteiger partial charge in [-0.3, -0.25) is 6.08 Å². The minimum Gasteiger partial charge on any atom is -0.329 e. The quantitative estimate of drug-likeness (QED) is 0.558. The van der Waals surface area contributed by atoms with Crippen molar-refractivity contribution in [2.24, 2.45) is 5.73 Å². The van der Waals surface area contributed by atoms with Gasteiger partial charge < -0.3 is 5.73 Å². The number of nitrogens with two attached hydrogens (primary N) is 1. The standard InChI is InChI=1S/C7H9FN.Y/c1-3-7(5-9)4-6(2)8;/h4H,1-2,5,9H2;/q-1;/b7-4+;. The summed E-state index contributed by atoms with van der Waals surface area (Å²) in [7, 11) is 0. The van der Waals surface area contributed by atoms with Crippen molar-refractivity contribution in [1.29, 1.82) is 0 Å². The Hall–Kier alpha value is 0.214. The van der Waals surface area contributed by atoms with Gasteiger partial charge in [0.25, 0.3) is 0 Å². The molecule has 0 bridgehead atoms. The van der Waals surface area contributed by atoms with Crippen molar-refractivity contribution in [2.45, 2.75) is 0 Å². The molecular weight excluding hydrogens is 206 g/mol. The van der Waals surface area contributed by atoms with Gasteiger partial charge in [-0.2, -0.15) is 12.7 Å². The molecule has 0 heterocycles. The van der Waals surface area contributed by atoms with Gasteiger partial charge in [-0.25, -0.2) is 9.96 Å². The minimum absolute atomic E-state index is 0. The molecule has 0 aromatic carbocycles. The zero-order valence-electron chi connectivity index (χ0n) is 5.73. The molecule has 0 unspecified atom stereocenters. The van der Waals surface area contributed by atoms with E-state index in [-0.39, 0.29) is 39.3 Å². The second kappa shape index (κ2) is 7.32. The predicted octanol–water partition coefficient (Wildman–Crippen LogP) is 1.34. The van der Waals surface area contributed by atoms with Crippen LogP contribution in [0.2, 0.25) is 0 Å². The molecule has 0 rings (SSSR count). The van der Waals surface area contributed by atoms with Gasteiger partial charge >= 0.3 is 0 Å². The van der Waals surface area contributed by atoms with E-state index in [0.717, 1.165) is 0 Å². The molecule has 0 saturated carbocycles. The van der Waals surface area contributed by atoms with E-state index in [2.05, 4.69) is 19.2 Å². The predicted molar refractivity (Wildman–Crippen MR) is 36.3 cm³/mol. The summed E-state index contributed by atoms with van der Waals surface area (Å²) in [6.45, 7) is 6.57. The zero-order chi connectivity index (χ0) is 7.28. The Bertz CT molecular complexity index is 152. The fourth-order valence-corrected chi connectivity index (χ4v) is 0.371. The van der Waals surface area contributed by atoms with Crippen molar-refractivity contribution in [1.82, 2.24) is 0 Å². The van der Waals surface area contributed by atoms with Crippen LogP contribution in [-0.4, -0.2) is 6.54 Å². The van der Waals surface area contributed by atoms with Crippen LogP contribution in [0.25, 0.3) is 0 Å². The van der Waals surface area contributed by atoms with Crippen LogP contribution in [0.3, 0.4) is 0 Å². The Kier molecular flexibility index (Phi) is 9.41. The van der Waals surface area contributed by atoms with Crippen LogP contribution < -0.4 is 5.73 Å². The van der Waals surface area contributed by atoms with Crippen LogP contribution in [0.4, 0.5) is 4.39 Å². The van der Waals surface area contributed by atoms with Crippen LogP contribution in [0.5, 0.6) is 0 Å². The Labute approximate surface area is 85.7 Å². The molecule has 1 nitrogen and oxygen atoms in total. The van der Waals surface area contributed by atoms with Gasteiger partial charge in [0.1, 0.15) is 0 Å². The largest absolute Gasteiger partial charge is 0.329 e. The summed E-state index contributed by atoms with van der Waals surface area (Å²) in [4.78, 5) is 0. The Balaban J connectivity index is 0. The van der Waals surface area contributed by atoms with Gasteiger partial charge in [-0.1, -0.05) is 6.58 Å². The number of rotatable bonds is 3. The van der Waals surface area contributed by atoms with Crippen LogP contribution in [0.1, 0.15) is 0 Å². The first kappa shape index (κ1) is 12.9. The van der Waals surface area contributed by atoms with E-state index in [4.69, 9.17) is 5.73 Å². The summed E-state index contributed by atoms with van der Waals surface area (Å²) in [6, 6.07) is 0. The molecule has 3 heteroatoms. The molecule has 0 spiro atoms. The topological polar surface area (TPSA) is 26.0 Å². The molecule has 0 atom stereocenters. The summed E-state index contributed by atoms with van der Waals surface area (Å²) in [6.07, 6.45) is 3.67. The first-order valence-corrected chi connectivity index (χ1v) is 2.49. The van der Waals surface area contributed by atoms with E-state index < -0.39 is 5.83 Å². The fourth-order valence-electron chi connectivity index (χ4n) is 0.371. The summed E-state index contributed by atoms with van der Waals surface area (Å²) in [5.41, 5.74) is 5.68. The molecule has 0 amide bonds. The van der Waals surface area contributed by atoms with E-state index in [1.165, 1.54) is 6.08 Å². The van der Waals surface area contributed by atoms with E-state index in [9.17, 15) is 4.39 Å². The van der Waals surface area contributed by atoms with Gasteiger partial charge in [-0.15, -0.1) is 0 Å². The molecule has 0 aromatic heterocycles. The van der Waals surface area contributed by atoms with Crippen LogP contribution in [-0.2, 0) is 32.7 Å². The number of allylic oxidation sites excluding steroid dienone is 2. The third-order valence-electron chi connectivity index (χ3n) is 0.778. The normalized spacial score (nSPS) is 10.0. The molecule has 0 fully saturated rings. The Morgan fingerprint density at radius 1 is 1.70 bits per heavy atom. The fraction of sp³-hybridized carbons (Fsp3) is 0.143. The van der Waals surface area contributed by atoms with Crippen molar-refractivity contribution in [3.05, 3.63) is 36.7 Å². The maximum absolute atomic E-state index is 11.9. The smallest absolute Gasteiger partial charge is 0.0359 e.